The highest BCUT2D eigenvalue weighted by Gasteiger charge is 2.19. The van der Waals surface area contributed by atoms with Gasteiger partial charge >= 0.3 is 5.97 Å². The highest BCUT2D eigenvalue weighted by Crippen LogP contribution is 2.28. The van der Waals surface area contributed by atoms with Crippen LogP contribution in [-0.4, -0.2) is 24.2 Å². The van der Waals surface area contributed by atoms with Crippen molar-refractivity contribution in [2.75, 3.05) is 0 Å². The molecule has 0 heterocycles. The number of benzene rings is 3. The van der Waals surface area contributed by atoms with Gasteiger partial charge in [-0.3, -0.25) is 4.79 Å². The predicted octanol–water partition coefficient (Wildman–Crippen LogP) is 5.83. The Bertz CT molecular complexity index is 1150. The Labute approximate surface area is 202 Å². The predicted molar refractivity (Wildman–Crippen MR) is 129 cm³/mol. The Hall–Kier alpha value is -3.35. The summed E-state index contributed by atoms with van der Waals surface area (Å²) in [6.45, 7) is 3.76. The molecule has 0 saturated carbocycles. The van der Waals surface area contributed by atoms with Crippen LogP contribution in [0.4, 0.5) is 0 Å². The summed E-state index contributed by atoms with van der Waals surface area (Å²) in [6.07, 6.45) is 1.12. The zero-order valence-corrected chi connectivity index (χ0v) is 19.6. The number of carbonyl (C=O) groups excluding carboxylic acids is 2. The van der Waals surface area contributed by atoms with Crippen molar-refractivity contribution in [1.82, 2.24) is 5.43 Å². The van der Waals surface area contributed by atoms with Gasteiger partial charge in [-0.15, -0.1) is 0 Å². The van der Waals surface area contributed by atoms with E-state index in [9.17, 15) is 9.59 Å². The molecule has 0 saturated heterocycles. The summed E-state index contributed by atoms with van der Waals surface area (Å²) in [5.74, 6) is -0.0811. The summed E-state index contributed by atoms with van der Waals surface area (Å²) < 4.78 is 11.1. The molecule has 0 aliphatic heterocycles. The van der Waals surface area contributed by atoms with E-state index in [1.165, 1.54) is 6.21 Å². The molecular weight excluding hydrogens is 463 g/mol. The summed E-state index contributed by atoms with van der Waals surface area (Å²) in [5, 5.41) is 4.77. The first kappa shape index (κ1) is 24.3. The number of hydrazone groups is 1. The molecule has 0 bridgehead atoms. The molecular formula is C25H22Cl2N2O4. The van der Waals surface area contributed by atoms with E-state index in [-0.39, 0.29) is 0 Å². The first-order valence-corrected chi connectivity index (χ1v) is 10.9. The van der Waals surface area contributed by atoms with Crippen LogP contribution in [0, 0.1) is 6.92 Å². The number of hydrogen-bond donors (Lipinski definition) is 1. The van der Waals surface area contributed by atoms with Crippen molar-refractivity contribution in [3.05, 3.63) is 93.5 Å². The maximum atomic E-state index is 12.4. The van der Waals surface area contributed by atoms with Gasteiger partial charge in [0.15, 0.2) is 6.10 Å². The molecule has 1 unspecified atom stereocenters. The number of nitrogens with one attached hydrogen (secondary N) is 1. The van der Waals surface area contributed by atoms with E-state index in [0.29, 0.717) is 39.1 Å². The van der Waals surface area contributed by atoms with Gasteiger partial charge in [-0.1, -0.05) is 47.8 Å². The van der Waals surface area contributed by atoms with E-state index in [1.807, 2.05) is 26.0 Å². The topological polar surface area (TPSA) is 77.0 Å². The van der Waals surface area contributed by atoms with Crippen molar-refractivity contribution in [3.8, 4) is 11.5 Å². The average Bonchev–Trinajstić information content (AvgIpc) is 2.80. The SMILES string of the molecule is CCC(Oc1ccc(Cl)cc1Cl)C(=O)N/N=C/c1ccc(OC(=O)c2ccc(C)cc2)cc1. The minimum absolute atomic E-state index is 0.320. The lowest BCUT2D eigenvalue weighted by atomic mass is 10.1. The van der Waals surface area contributed by atoms with Crippen LogP contribution in [0.3, 0.4) is 0 Å². The highest BCUT2D eigenvalue weighted by atomic mass is 35.5. The quantitative estimate of drug-likeness (QED) is 0.189. The molecule has 0 aliphatic carbocycles. The molecule has 3 aromatic rings. The summed E-state index contributed by atoms with van der Waals surface area (Å²) in [6, 6.07) is 18.7. The van der Waals surface area contributed by atoms with Gasteiger partial charge in [0.2, 0.25) is 0 Å². The third kappa shape index (κ3) is 7.07. The van der Waals surface area contributed by atoms with Crippen LogP contribution in [-0.2, 0) is 4.79 Å². The van der Waals surface area contributed by atoms with Crippen LogP contribution in [0.5, 0.6) is 11.5 Å². The Balaban J connectivity index is 1.54. The van der Waals surface area contributed by atoms with Gasteiger partial charge in [-0.25, -0.2) is 10.2 Å². The average molecular weight is 485 g/mol. The lowest BCUT2D eigenvalue weighted by Gasteiger charge is -2.16. The summed E-state index contributed by atoms with van der Waals surface area (Å²) in [7, 11) is 0. The van der Waals surface area contributed by atoms with Crippen molar-refractivity contribution in [2.24, 2.45) is 5.10 Å². The molecule has 0 fully saturated rings. The van der Waals surface area contributed by atoms with E-state index in [2.05, 4.69) is 10.5 Å². The van der Waals surface area contributed by atoms with E-state index in [1.54, 1.807) is 54.6 Å². The van der Waals surface area contributed by atoms with Gasteiger partial charge in [0, 0.05) is 5.02 Å². The summed E-state index contributed by atoms with van der Waals surface area (Å²) in [5.41, 5.74) is 4.70. The van der Waals surface area contributed by atoms with Gasteiger partial charge in [0.05, 0.1) is 16.8 Å². The molecule has 3 rings (SSSR count). The van der Waals surface area contributed by atoms with Crippen LogP contribution in [0.1, 0.15) is 34.8 Å². The Morgan fingerprint density at radius 1 is 1.03 bits per heavy atom. The number of nitrogens with zero attached hydrogens (tertiary/aromatic N) is 1. The fraction of sp³-hybridized carbons (Fsp3) is 0.160. The maximum Gasteiger partial charge on any atom is 0.343 e. The summed E-state index contributed by atoms with van der Waals surface area (Å²) in [4.78, 5) is 24.6. The molecule has 0 radical (unpaired) electrons. The molecule has 3 aromatic carbocycles. The second-order valence-corrected chi connectivity index (χ2v) is 7.99. The maximum absolute atomic E-state index is 12.4. The zero-order valence-electron chi connectivity index (χ0n) is 18.0. The standard InChI is InChI=1S/C25H22Cl2N2O4/c1-3-22(33-23-13-10-19(26)14-21(23)27)24(30)29-28-15-17-6-11-20(12-7-17)32-25(31)18-8-4-16(2)5-9-18/h4-15,22H,3H2,1-2H3,(H,29,30)/b28-15+. The van der Waals surface area contributed by atoms with Crippen LogP contribution < -0.4 is 14.9 Å². The molecule has 0 aliphatic rings. The fourth-order valence-corrected chi connectivity index (χ4v) is 3.22. The van der Waals surface area contributed by atoms with E-state index < -0.39 is 18.0 Å². The smallest absolute Gasteiger partial charge is 0.343 e. The molecule has 33 heavy (non-hydrogen) atoms. The molecule has 1 N–H and O–H groups in total. The molecule has 0 aromatic heterocycles. The van der Waals surface area contributed by atoms with Crippen molar-refractivity contribution in [2.45, 2.75) is 26.4 Å². The van der Waals surface area contributed by atoms with Crippen LogP contribution in [0.15, 0.2) is 71.8 Å². The van der Waals surface area contributed by atoms with Crippen molar-refractivity contribution in [1.29, 1.82) is 0 Å². The highest BCUT2D eigenvalue weighted by molar-refractivity contribution is 6.35. The zero-order chi connectivity index (χ0) is 23.8. The molecule has 8 heteroatoms. The third-order valence-electron chi connectivity index (χ3n) is 4.59. The Kier molecular flexibility index (Phi) is 8.46. The van der Waals surface area contributed by atoms with E-state index in [4.69, 9.17) is 32.7 Å². The van der Waals surface area contributed by atoms with Gasteiger partial charge in [-0.05, 0) is 73.5 Å². The molecule has 170 valence electrons. The van der Waals surface area contributed by atoms with Crippen LogP contribution in [0.25, 0.3) is 0 Å². The van der Waals surface area contributed by atoms with Gasteiger partial charge < -0.3 is 9.47 Å². The monoisotopic (exact) mass is 484 g/mol. The molecule has 1 amide bonds. The number of halogens is 2. The van der Waals surface area contributed by atoms with Crippen LogP contribution >= 0.6 is 23.2 Å². The minimum atomic E-state index is -0.774. The second-order valence-electron chi connectivity index (χ2n) is 7.15. The summed E-state index contributed by atoms with van der Waals surface area (Å²) >= 11 is 12.0. The van der Waals surface area contributed by atoms with E-state index in [0.717, 1.165) is 5.56 Å². The number of amides is 1. The number of ether oxygens (including phenoxy) is 2. The molecule has 1 atom stereocenters. The lowest BCUT2D eigenvalue weighted by Crippen LogP contribution is -2.35. The van der Waals surface area contributed by atoms with Gasteiger partial charge in [0.25, 0.3) is 5.91 Å². The van der Waals surface area contributed by atoms with Crippen LogP contribution in [0.2, 0.25) is 10.0 Å². The van der Waals surface area contributed by atoms with Gasteiger partial charge in [-0.2, -0.15) is 5.10 Å². The number of carbonyl (C=O) groups is 2. The number of esters is 1. The van der Waals surface area contributed by atoms with Crippen molar-refractivity contribution >= 4 is 41.3 Å². The molecule has 6 nitrogen and oxygen atoms in total. The van der Waals surface area contributed by atoms with Crippen molar-refractivity contribution in [3.63, 3.8) is 0 Å². The third-order valence-corrected chi connectivity index (χ3v) is 5.12. The number of rotatable bonds is 8. The number of aryl methyl sites for hydroxylation is 1. The van der Waals surface area contributed by atoms with Gasteiger partial charge in [0.1, 0.15) is 11.5 Å². The second kappa shape index (κ2) is 11.5. The first-order chi connectivity index (χ1) is 15.9. The minimum Gasteiger partial charge on any atom is -0.479 e. The molecule has 0 spiro atoms. The van der Waals surface area contributed by atoms with E-state index >= 15 is 0 Å². The number of hydrogen-bond acceptors (Lipinski definition) is 5. The first-order valence-electron chi connectivity index (χ1n) is 10.2. The Morgan fingerprint density at radius 3 is 2.36 bits per heavy atom. The Morgan fingerprint density at radius 2 is 1.73 bits per heavy atom. The lowest BCUT2D eigenvalue weighted by molar-refractivity contribution is -0.128. The normalized spacial score (nSPS) is 11.8. The largest absolute Gasteiger partial charge is 0.479 e. The fourth-order valence-electron chi connectivity index (χ4n) is 2.77. The van der Waals surface area contributed by atoms with Crippen molar-refractivity contribution < 1.29 is 19.1 Å².